The van der Waals surface area contributed by atoms with E-state index in [-0.39, 0.29) is 12.4 Å². The second-order valence-corrected chi connectivity index (χ2v) is 3.94. The average Bonchev–Trinajstić information content (AvgIpc) is 2.25. The van der Waals surface area contributed by atoms with E-state index in [2.05, 4.69) is 0 Å². The van der Waals surface area contributed by atoms with Crippen molar-refractivity contribution < 1.29 is 14.3 Å². The molecule has 0 radical (unpaired) electrons. The number of aryl methyl sites for hydroxylation is 1. The summed E-state index contributed by atoms with van der Waals surface area (Å²) in [7, 11) is 3.02. The van der Waals surface area contributed by atoms with Gasteiger partial charge in [0.05, 0.1) is 12.7 Å². The van der Waals surface area contributed by atoms with Crippen LogP contribution in [-0.2, 0) is 4.74 Å². The fourth-order valence-electron chi connectivity index (χ4n) is 1.63. The summed E-state index contributed by atoms with van der Waals surface area (Å²) in [5.41, 5.74) is 2.13. The third kappa shape index (κ3) is 2.36. The van der Waals surface area contributed by atoms with Crippen molar-refractivity contribution in [2.24, 2.45) is 0 Å². The van der Waals surface area contributed by atoms with Crippen LogP contribution < -0.4 is 4.74 Å². The molecular formula is C12H15ClO3. The maximum atomic E-state index is 11.8. The Bertz CT molecular complexity index is 413. The molecule has 3 nitrogen and oxygen atoms in total. The monoisotopic (exact) mass is 242 g/mol. The summed E-state index contributed by atoms with van der Waals surface area (Å²) in [6.07, 6.45) is 0. The molecule has 1 aromatic carbocycles. The fourth-order valence-corrected chi connectivity index (χ4v) is 1.78. The number of halogens is 1. The zero-order chi connectivity index (χ0) is 12.3. The number of ketones is 1. The number of methoxy groups -OCH3 is 2. The molecule has 0 amide bonds. The topological polar surface area (TPSA) is 35.5 Å². The number of ether oxygens (including phenoxy) is 2. The molecule has 0 bridgehead atoms. The van der Waals surface area contributed by atoms with Crippen LogP contribution in [0.3, 0.4) is 0 Å². The molecule has 0 aliphatic rings. The highest BCUT2D eigenvalue weighted by Crippen LogP contribution is 2.31. The number of Topliss-reactive ketones (excluding diaryl/α,β-unsaturated/α-hetero) is 1. The maximum absolute atomic E-state index is 11.8. The molecule has 1 aromatic rings. The van der Waals surface area contributed by atoms with Gasteiger partial charge in [-0.1, -0.05) is 11.6 Å². The zero-order valence-electron chi connectivity index (χ0n) is 9.89. The molecule has 0 spiro atoms. The Hall–Kier alpha value is -1.06. The van der Waals surface area contributed by atoms with Crippen LogP contribution in [0.15, 0.2) is 6.07 Å². The number of rotatable bonds is 4. The quantitative estimate of drug-likeness (QED) is 0.762. The van der Waals surface area contributed by atoms with E-state index in [1.165, 1.54) is 14.2 Å². The van der Waals surface area contributed by atoms with Gasteiger partial charge in [0.2, 0.25) is 0 Å². The zero-order valence-corrected chi connectivity index (χ0v) is 10.6. The van der Waals surface area contributed by atoms with Gasteiger partial charge in [-0.15, -0.1) is 0 Å². The van der Waals surface area contributed by atoms with Gasteiger partial charge in [0.1, 0.15) is 12.4 Å². The fraction of sp³-hybridized carbons (Fsp3) is 0.417. The highest BCUT2D eigenvalue weighted by Gasteiger charge is 2.18. The SMILES string of the molecule is COCC(=O)c1c(OC)cc(C)c(Cl)c1C. The predicted octanol–water partition coefficient (Wildman–Crippen LogP) is 2.79. The van der Waals surface area contributed by atoms with Crippen molar-refractivity contribution in [1.29, 1.82) is 0 Å². The minimum absolute atomic E-state index is 0.0244. The Labute approximate surface area is 100 Å². The number of hydrogen-bond acceptors (Lipinski definition) is 3. The Morgan fingerprint density at radius 1 is 1.38 bits per heavy atom. The lowest BCUT2D eigenvalue weighted by Crippen LogP contribution is -2.11. The summed E-state index contributed by atoms with van der Waals surface area (Å²) in [5.74, 6) is 0.417. The molecule has 0 aliphatic carbocycles. The third-order valence-corrected chi connectivity index (χ3v) is 3.00. The number of carbonyl (C=O) groups is 1. The van der Waals surface area contributed by atoms with Crippen LogP contribution in [-0.4, -0.2) is 26.6 Å². The molecule has 4 heteroatoms. The molecule has 0 N–H and O–H groups in total. The lowest BCUT2D eigenvalue weighted by Gasteiger charge is -2.13. The van der Waals surface area contributed by atoms with E-state index >= 15 is 0 Å². The molecule has 0 atom stereocenters. The Balaban J connectivity index is 3.35. The van der Waals surface area contributed by atoms with Gasteiger partial charge in [-0.05, 0) is 31.0 Å². The van der Waals surface area contributed by atoms with Crippen molar-refractivity contribution in [1.82, 2.24) is 0 Å². The second-order valence-electron chi connectivity index (χ2n) is 3.57. The molecule has 0 aromatic heterocycles. The summed E-state index contributed by atoms with van der Waals surface area (Å²) < 4.78 is 10.0. The van der Waals surface area contributed by atoms with Gasteiger partial charge in [0.25, 0.3) is 0 Å². The van der Waals surface area contributed by atoms with E-state index in [4.69, 9.17) is 21.1 Å². The van der Waals surface area contributed by atoms with E-state index in [1.54, 1.807) is 13.0 Å². The molecule has 88 valence electrons. The Kier molecular flexibility index (Phi) is 4.33. The van der Waals surface area contributed by atoms with Crippen LogP contribution in [0.5, 0.6) is 5.75 Å². The minimum atomic E-state index is -0.126. The summed E-state index contributed by atoms with van der Waals surface area (Å²) in [6, 6.07) is 1.76. The first-order valence-electron chi connectivity index (χ1n) is 4.88. The summed E-state index contributed by atoms with van der Waals surface area (Å²) >= 11 is 6.11. The van der Waals surface area contributed by atoms with Gasteiger partial charge in [0, 0.05) is 12.1 Å². The lowest BCUT2D eigenvalue weighted by molar-refractivity contribution is 0.0844. The molecule has 0 saturated heterocycles. The highest BCUT2D eigenvalue weighted by molar-refractivity contribution is 6.32. The number of hydrogen-bond donors (Lipinski definition) is 0. The van der Waals surface area contributed by atoms with Gasteiger partial charge in [-0.25, -0.2) is 0 Å². The average molecular weight is 243 g/mol. The third-order valence-electron chi connectivity index (χ3n) is 2.42. The van der Waals surface area contributed by atoms with Crippen molar-refractivity contribution in [2.45, 2.75) is 13.8 Å². The van der Waals surface area contributed by atoms with Crippen molar-refractivity contribution in [2.75, 3.05) is 20.8 Å². The van der Waals surface area contributed by atoms with E-state index in [1.807, 2.05) is 6.92 Å². The van der Waals surface area contributed by atoms with E-state index in [0.29, 0.717) is 16.3 Å². The van der Waals surface area contributed by atoms with Gasteiger partial charge in [0.15, 0.2) is 5.78 Å². The van der Waals surface area contributed by atoms with Crippen LogP contribution in [0.1, 0.15) is 21.5 Å². The van der Waals surface area contributed by atoms with E-state index in [0.717, 1.165) is 11.1 Å². The second kappa shape index (κ2) is 5.32. The first-order valence-corrected chi connectivity index (χ1v) is 5.26. The summed E-state index contributed by atoms with van der Waals surface area (Å²) in [6.45, 7) is 3.71. The molecule has 0 aliphatic heterocycles. The number of benzene rings is 1. The van der Waals surface area contributed by atoms with Crippen molar-refractivity contribution in [3.8, 4) is 5.75 Å². The first kappa shape index (κ1) is 13.0. The lowest BCUT2D eigenvalue weighted by atomic mass is 10.0. The molecule has 0 heterocycles. The smallest absolute Gasteiger partial charge is 0.192 e. The van der Waals surface area contributed by atoms with Crippen molar-refractivity contribution >= 4 is 17.4 Å². The van der Waals surface area contributed by atoms with E-state index < -0.39 is 0 Å². The van der Waals surface area contributed by atoms with Crippen LogP contribution in [0.2, 0.25) is 5.02 Å². The van der Waals surface area contributed by atoms with Gasteiger partial charge in [-0.2, -0.15) is 0 Å². The summed E-state index contributed by atoms with van der Waals surface area (Å²) in [4.78, 5) is 11.8. The van der Waals surface area contributed by atoms with Crippen LogP contribution in [0, 0.1) is 13.8 Å². The maximum Gasteiger partial charge on any atom is 0.192 e. The van der Waals surface area contributed by atoms with Gasteiger partial charge < -0.3 is 9.47 Å². The van der Waals surface area contributed by atoms with Crippen LogP contribution in [0.25, 0.3) is 0 Å². The largest absolute Gasteiger partial charge is 0.496 e. The predicted molar refractivity (Wildman–Crippen MR) is 63.7 cm³/mol. The molecular weight excluding hydrogens is 228 g/mol. The Morgan fingerprint density at radius 2 is 2.00 bits per heavy atom. The molecule has 0 unspecified atom stereocenters. The molecule has 1 rings (SSSR count). The number of carbonyl (C=O) groups excluding carboxylic acids is 1. The standard InChI is InChI=1S/C12H15ClO3/c1-7-5-10(16-4)11(8(2)12(7)13)9(14)6-15-3/h5H,6H2,1-4H3. The van der Waals surface area contributed by atoms with Crippen molar-refractivity contribution in [3.63, 3.8) is 0 Å². The summed E-state index contributed by atoms with van der Waals surface area (Å²) in [5, 5.41) is 0.597. The molecule has 16 heavy (non-hydrogen) atoms. The minimum Gasteiger partial charge on any atom is -0.496 e. The van der Waals surface area contributed by atoms with Gasteiger partial charge >= 0.3 is 0 Å². The van der Waals surface area contributed by atoms with Crippen LogP contribution >= 0.6 is 11.6 Å². The molecule has 0 saturated carbocycles. The highest BCUT2D eigenvalue weighted by atomic mass is 35.5. The Morgan fingerprint density at radius 3 is 2.50 bits per heavy atom. The van der Waals surface area contributed by atoms with Crippen LogP contribution in [0.4, 0.5) is 0 Å². The van der Waals surface area contributed by atoms with Crippen molar-refractivity contribution in [3.05, 3.63) is 27.8 Å². The van der Waals surface area contributed by atoms with Gasteiger partial charge in [-0.3, -0.25) is 4.79 Å². The molecule has 0 fully saturated rings. The first-order chi connectivity index (χ1) is 7.52. The normalized spacial score (nSPS) is 10.3. The van der Waals surface area contributed by atoms with E-state index in [9.17, 15) is 4.79 Å².